The Morgan fingerprint density at radius 2 is 2.18 bits per heavy atom. The maximum Gasteiger partial charge on any atom is 0.328 e. The van der Waals surface area contributed by atoms with Gasteiger partial charge in [-0.3, -0.25) is 0 Å². The molecule has 0 aliphatic carbocycles. The summed E-state index contributed by atoms with van der Waals surface area (Å²) in [6.07, 6.45) is 2.84. The molecule has 2 heterocycles. The van der Waals surface area contributed by atoms with Crippen LogP contribution >= 0.6 is 0 Å². The van der Waals surface area contributed by atoms with Crippen molar-refractivity contribution in [3.8, 4) is 5.75 Å². The Hall–Kier alpha value is -1.71. The smallest absolute Gasteiger partial charge is 0.328 e. The van der Waals surface area contributed by atoms with Crippen molar-refractivity contribution in [1.29, 1.82) is 0 Å². The van der Waals surface area contributed by atoms with Gasteiger partial charge in [-0.15, -0.1) is 0 Å². The first kappa shape index (κ1) is 10.4. The van der Waals surface area contributed by atoms with Crippen molar-refractivity contribution in [1.82, 2.24) is 0 Å². The molecule has 2 aliphatic rings. The van der Waals surface area contributed by atoms with Crippen LogP contribution < -0.4 is 10.1 Å². The van der Waals surface area contributed by atoms with E-state index < -0.39 is 0 Å². The fourth-order valence-corrected chi connectivity index (χ4v) is 2.28. The number of ether oxygens (including phenoxy) is 2. The van der Waals surface area contributed by atoms with Gasteiger partial charge < -0.3 is 14.8 Å². The molecule has 2 aliphatic heterocycles. The summed E-state index contributed by atoms with van der Waals surface area (Å²) in [6.45, 7) is 1.32. The molecule has 0 saturated carbocycles. The highest BCUT2D eigenvalue weighted by molar-refractivity contribution is 5.81. The van der Waals surface area contributed by atoms with Crippen molar-refractivity contribution in [3.63, 3.8) is 0 Å². The van der Waals surface area contributed by atoms with Crippen LogP contribution in [-0.2, 0) is 16.0 Å². The molecule has 4 heteroatoms. The number of hydrogen-bond donors (Lipinski definition) is 1. The zero-order chi connectivity index (χ0) is 11.7. The minimum absolute atomic E-state index is 0.154. The molecule has 4 nitrogen and oxygen atoms in total. The summed E-state index contributed by atoms with van der Waals surface area (Å²) < 4.78 is 10.5. The predicted octanol–water partition coefficient (Wildman–Crippen LogP) is 1.74. The number of anilines is 1. The molecule has 1 aromatic rings. The Balaban J connectivity index is 1.77. The molecule has 0 amide bonds. The number of aryl methyl sites for hydroxylation is 1. The number of cyclic esters (lactones) is 1. The summed E-state index contributed by atoms with van der Waals surface area (Å²) in [6, 6.07) is 5.80. The lowest BCUT2D eigenvalue weighted by atomic mass is 10.1. The molecular weight excluding hydrogens is 218 g/mol. The standard InChI is InChI=1S/C13H15NO3/c15-13-11(5-7-17-13)14-10-3-4-12-9(8-10)2-1-6-16-12/h3-4,8,11,14H,1-2,5-7H2. The van der Waals surface area contributed by atoms with Gasteiger partial charge in [0.2, 0.25) is 0 Å². The van der Waals surface area contributed by atoms with Gasteiger partial charge in [0, 0.05) is 12.1 Å². The molecule has 0 bridgehead atoms. The Bertz CT molecular complexity index is 444. The van der Waals surface area contributed by atoms with E-state index in [9.17, 15) is 4.79 Å². The molecule has 1 unspecified atom stereocenters. The number of fused-ring (bicyclic) bond motifs is 1. The third-order valence-electron chi connectivity index (χ3n) is 3.18. The van der Waals surface area contributed by atoms with Gasteiger partial charge in [-0.05, 0) is 36.6 Å². The van der Waals surface area contributed by atoms with Gasteiger partial charge in [-0.2, -0.15) is 0 Å². The molecule has 1 atom stereocenters. The minimum Gasteiger partial charge on any atom is -0.493 e. The van der Waals surface area contributed by atoms with Gasteiger partial charge in [-0.25, -0.2) is 4.79 Å². The third kappa shape index (κ3) is 2.07. The van der Waals surface area contributed by atoms with Crippen LogP contribution in [0, 0.1) is 0 Å². The van der Waals surface area contributed by atoms with Crippen LogP contribution in [0.3, 0.4) is 0 Å². The van der Waals surface area contributed by atoms with E-state index in [1.807, 2.05) is 12.1 Å². The normalized spacial score (nSPS) is 22.6. The highest BCUT2D eigenvalue weighted by Gasteiger charge is 2.26. The number of carbonyl (C=O) groups excluding carboxylic acids is 1. The monoisotopic (exact) mass is 233 g/mol. The van der Waals surface area contributed by atoms with Crippen LogP contribution in [0.25, 0.3) is 0 Å². The highest BCUT2D eigenvalue weighted by atomic mass is 16.5. The number of carbonyl (C=O) groups is 1. The second kappa shape index (κ2) is 4.28. The minimum atomic E-state index is -0.197. The lowest BCUT2D eigenvalue weighted by molar-refractivity contribution is -0.138. The second-order valence-electron chi connectivity index (χ2n) is 4.43. The average molecular weight is 233 g/mol. The van der Waals surface area contributed by atoms with E-state index in [-0.39, 0.29) is 12.0 Å². The van der Waals surface area contributed by atoms with Crippen LogP contribution in [0.1, 0.15) is 18.4 Å². The molecule has 1 N–H and O–H groups in total. The average Bonchev–Trinajstić information content (AvgIpc) is 2.75. The van der Waals surface area contributed by atoms with E-state index in [1.165, 1.54) is 5.56 Å². The summed E-state index contributed by atoms with van der Waals surface area (Å²) in [5.41, 5.74) is 2.19. The van der Waals surface area contributed by atoms with Crippen molar-refractivity contribution in [2.45, 2.75) is 25.3 Å². The van der Waals surface area contributed by atoms with Crippen molar-refractivity contribution >= 4 is 11.7 Å². The van der Waals surface area contributed by atoms with Crippen LogP contribution in [0.5, 0.6) is 5.75 Å². The molecule has 3 rings (SSSR count). The summed E-state index contributed by atoms with van der Waals surface area (Å²) in [5.74, 6) is 0.815. The molecule has 90 valence electrons. The van der Waals surface area contributed by atoms with E-state index in [0.717, 1.165) is 37.3 Å². The van der Waals surface area contributed by atoms with Crippen molar-refractivity contribution in [3.05, 3.63) is 23.8 Å². The molecule has 1 fully saturated rings. The SMILES string of the molecule is O=C1OCCC1Nc1ccc2c(c1)CCCO2. The van der Waals surface area contributed by atoms with E-state index in [0.29, 0.717) is 6.61 Å². The van der Waals surface area contributed by atoms with Crippen molar-refractivity contribution < 1.29 is 14.3 Å². The van der Waals surface area contributed by atoms with Gasteiger partial charge in [0.15, 0.2) is 0 Å². The summed E-state index contributed by atoms with van der Waals surface area (Å²) in [7, 11) is 0. The molecule has 0 aromatic heterocycles. The van der Waals surface area contributed by atoms with E-state index in [1.54, 1.807) is 0 Å². The van der Waals surface area contributed by atoms with Gasteiger partial charge in [-0.1, -0.05) is 0 Å². The van der Waals surface area contributed by atoms with Crippen molar-refractivity contribution in [2.75, 3.05) is 18.5 Å². The molecular formula is C13H15NO3. The Kier molecular flexibility index (Phi) is 2.63. The van der Waals surface area contributed by atoms with Crippen molar-refractivity contribution in [2.24, 2.45) is 0 Å². The molecule has 0 spiro atoms. The van der Waals surface area contributed by atoms with Gasteiger partial charge in [0.05, 0.1) is 13.2 Å². The summed E-state index contributed by atoms with van der Waals surface area (Å²) in [4.78, 5) is 11.4. The Morgan fingerprint density at radius 1 is 1.24 bits per heavy atom. The largest absolute Gasteiger partial charge is 0.493 e. The second-order valence-corrected chi connectivity index (χ2v) is 4.43. The summed E-state index contributed by atoms with van der Waals surface area (Å²) in [5, 5.41) is 3.21. The third-order valence-corrected chi connectivity index (χ3v) is 3.18. The topological polar surface area (TPSA) is 47.6 Å². The number of rotatable bonds is 2. The fraction of sp³-hybridized carbons (Fsp3) is 0.462. The highest BCUT2D eigenvalue weighted by Crippen LogP contribution is 2.28. The van der Waals surface area contributed by atoms with Gasteiger partial charge >= 0.3 is 5.97 Å². The van der Waals surface area contributed by atoms with Crippen LogP contribution in [0.15, 0.2) is 18.2 Å². The summed E-state index contributed by atoms with van der Waals surface area (Å²) >= 11 is 0. The first-order valence-electron chi connectivity index (χ1n) is 6.02. The van der Waals surface area contributed by atoms with E-state index >= 15 is 0 Å². The first-order valence-corrected chi connectivity index (χ1v) is 6.02. The molecule has 1 aromatic carbocycles. The van der Waals surface area contributed by atoms with E-state index in [2.05, 4.69) is 11.4 Å². The lowest BCUT2D eigenvalue weighted by Gasteiger charge is -2.19. The van der Waals surface area contributed by atoms with Gasteiger partial charge in [0.25, 0.3) is 0 Å². The lowest BCUT2D eigenvalue weighted by Crippen LogP contribution is -2.24. The maximum absolute atomic E-state index is 11.4. The first-order chi connectivity index (χ1) is 8.33. The van der Waals surface area contributed by atoms with Crippen LogP contribution in [0.2, 0.25) is 0 Å². The molecule has 17 heavy (non-hydrogen) atoms. The Labute approximate surface area is 99.9 Å². The fourth-order valence-electron chi connectivity index (χ4n) is 2.28. The van der Waals surface area contributed by atoms with Crippen LogP contribution in [-0.4, -0.2) is 25.2 Å². The van der Waals surface area contributed by atoms with Crippen LogP contribution in [0.4, 0.5) is 5.69 Å². The zero-order valence-corrected chi connectivity index (χ0v) is 9.57. The number of nitrogens with one attached hydrogen (secondary N) is 1. The number of benzene rings is 1. The Morgan fingerprint density at radius 3 is 3.00 bits per heavy atom. The quantitative estimate of drug-likeness (QED) is 0.790. The molecule has 1 saturated heterocycles. The van der Waals surface area contributed by atoms with E-state index in [4.69, 9.17) is 9.47 Å². The molecule has 0 radical (unpaired) electrons. The maximum atomic E-state index is 11.4. The predicted molar refractivity (Wildman–Crippen MR) is 63.2 cm³/mol. The zero-order valence-electron chi connectivity index (χ0n) is 9.57. The number of hydrogen-bond acceptors (Lipinski definition) is 4. The van der Waals surface area contributed by atoms with Gasteiger partial charge in [0.1, 0.15) is 11.8 Å². The number of esters is 1.